The first kappa shape index (κ1) is 15.6. The Morgan fingerprint density at radius 3 is 2.64 bits per heavy atom. The third-order valence-electron chi connectivity index (χ3n) is 4.68. The summed E-state index contributed by atoms with van der Waals surface area (Å²) in [6.45, 7) is 3.35. The smallest absolute Gasteiger partial charge is 0.283 e. The quantitative estimate of drug-likeness (QED) is 0.729. The molecule has 128 valence electrons. The molecule has 1 aromatic carbocycles. The molecule has 0 spiro atoms. The van der Waals surface area contributed by atoms with Crippen molar-refractivity contribution >= 4 is 5.91 Å². The number of furan rings is 1. The molecule has 25 heavy (non-hydrogen) atoms. The average molecular weight is 337 g/mol. The molecule has 2 aromatic heterocycles. The highest BCUT2D eigenvalue weighted by molar-refractivity contribution is 5.95. The second kappa shape index (κ2) is 6.55. The number of carbonyl (C=O) groups excluding carboxylic acids is 1. The van der Waals surface area contributed by atoms with E-state index in [1.165, 1.54) is 0 Å². The van der Waals surface area contributed by atoms with Gasteiger partial charge in [-0.2, -0.15) is 0 Å². The molecule has 0 saturated carbocycles. The van der Waals surface area contributed by atoms with Crippen LogP contribution in [0.2, 0.25) is 0 Å². The predicted octanol–water partition coefficient (Wildman–Crippen LogP) is 3.66. The zero-order chi connectivity index (χ0) is 17.2. The van der Waals surface area contributed by atoms with E-state index in [4.69, 9.17) is 8.83 Å². The number of rotatable bonds is 3. The van der Waals surface area contributed by atoms with Crippen molar-refractivity contribution in [3.8, 4) is 11.7 Å². The number of likely N-dealkylation sites (tertiary alicyclic amines) is 1. The van der Waals surface area contributed by atoms with Crippen LogP contribution in [0.1, 0.15) is 40.6 Å². The summed E-state index contributed by atoms with van der Waals surface area (Å²) in [6.07, 6.45) is 3.21. The lowest BCUT2D eigenvalue weighted by Gasteiger charge is -2.30. The average Bonchev–Trinajstić information content (AvgIpc) is 3.33. The van der Waals surface area contributed by atoms with E-state index in [1.54, 1.807) is 18.4 Å². The van der Waals surface area contributed by atoms with Gasteiger partial charge in [0.2, 0.25) is 5.89 Å². The van der Waals surface area contributed by atoms with Crippen molar-refractivity contribution in [3.05, 3.63) is 59.7 Å². The largest absolute Gasteiger partial charge is 0.459 e. The maximum Gasteiger partial charge on any atom is 0.283 e. The lowest BCUT2D eigenvalue weighted by Crippen LogP contribution is -2.38. The molecule has 1 aliphatic heterocycles. The minimum absolute atomic E-state index is 0.0957. The van der Waals surface area contributed by atoms with Gasteiger partial charge in [-0.05, 0) is 43.5 Å². The number of benzene rings is 1. The Morgan fingerprint density at radius 2 is 1.92 bits per heavy atom. The van der Waals surface area contributed by atoms with E-state index >= 15 is 0 Å². The molecule has 1 amide bonds. The van der Waals surface area contributed by atoms with Crippen LogP contribution in [0.5, 0.6) is 0 Å². The SMILES string of the molecule is Cc1ccccc1C(=O)N1CCC(c2nnc(-c3ccco3)o2)CC1. The summed E-state index contributed by atoms with van der Waals surface area (Å²) in [6, 6.07) is 11.3. The van der Waals surface area contributed by atoms with Gasteiger partial charge >= 0.3 is 0 Å². The van der Waals surface area contributed by atoms with E-state index in [-0.39, 0.29) is 11.8 Å². The Labute approximate surface area is 145 Å². The van der Waals surface area contributed by atoms with Gasteiger partial charge in [-0.25, -0.2) is 0 Å². The second-order valence-corrected chi connectivity index (χ2v) is 6.30. The molecule has 1 saturated heterocycles. The van der Waals surface area contributed by atoms with Gasteiger partial charge < -0.3 is 13.7 Å². The van der Waals surface area contributed by atoms with E-state index in [1.807, 2.05) is 36.1 Å². The molecule has 0 aliphatic carbocycles. The molecule has 6 heteroatoms. The summed E-state index contributed by atoms with van der Waals surface area (Å²) in [7, 11) is 0. The number of aryl methyl sites for hydroxylation is 1. The van der Waals surface area contributed by atoms with Gasteiger partial charge in [0, 0.05) is 24.6 Å². The molecule has 1 fully saturated rings. The minimum Gasteiger partial charge on any atom is -0.459 e. The molecular formula is C19H19N3O3. The van der Waals surface area contributed by atoms with Crippen molar-refractivity contribution in [3.63, 3.8) is 0 Å². The van der Waals surface area contributed by atoms with Crippen LogP contribution < -0.4 is 0 Å². The number of nitrogens with zero attached hydrogens (tertiary/aromatic N) is 3. The van der Waals surface area contributed by atoms with Gasteiger partial charge in [0.1, 0.15) is 0 Å². The predicted molar refractivity (Wildman–Crippen MR) is 91.1 cm³/mol. The molecule has 4 rings (SSSR count). The zero-order valence-corrected chi connectivity index (χ0v) is 14.0. The molecule has 0 N–H and O–H groups in total. The normalized spacial score (nSPS) is 15.5. The molecule has 3 aromatic rings. The number of hydrogen-bond acceptors (Lipinski definition) is 5. The van der Waals surface area contributed by atoms with Crippen LogP contribution in [0.4, 0.5) is 0 Å². The van der Waals surface area contributed by atoms with Crippen molar-refractivity contribution in [2.24, 2.45) is 0 Å². The first-order chi connectivity index (χ1) is 12.2. The standard InChI is InChI=1S/C19H19N3O3/c1-13-5-2-3-6-15(13)19(23)22-10-8-14(9-11-22)17-20-21-18(25-17)16-7-4-12-24-16/h2-7,12,14H,8-11H2,1H3. The summed E-state index contributed by atoms with van der Waals surface area (Å²) in [5.41, 5.74) is 1.79. The van der Waals surface area contributed by atoms with E-state index in [2.05, 4.69) is 10.2 Å². The summed E-state index contributed by atoms with van der Waals surface area (Å²) in [5, 5.41) is 8.21. The Morgan fingerprint density at radius 1 is 1.12 bits per heavy atom. The van der Waals surface area contributed by atoms with Gasteiger partial charge in [0.05, 0.1) is 6.26 Å². The molecule has 0 bridgehead atoms. The molecule has 0 unspecified atom stereocenters. The molecule has 6 nitrogen and oxygen atoms in total. The highest BCUT2D eigenvalue weighted by atomic mass is 16.4. The third kappa shape index (κ3) is 3.07. The fraction of sp³-hybridized carbons (Fsp3) is 0.316. The fourth-order valence-electron chi connectivity index (χ4n) is 3.21. The first-order valence-corrected chi connectivity index (χ1v) is 8.44. The monoisotopic (exact) mass is 337 g/mol. The summed E-state index contributed by atoms with van der Waals surface area (Å²) < 4.78 is 11.0. The van der Waals surface area contributed by atoms with Crippen molar-refractivity contribution in [1.29, 1.82) is 0 Å². The van der Waals surface area contributed by atoms with E-state index in [0.717, 1.165) is 24.0 Å². The highest BCUT2D eigenvalue weighted by Gasteiger charge is 2.28. The third-order valence-corrected chi connectivity index (χ3v) is 4.68. The van der Waals surface area contributed by atoms with Crippen molar-refractivity contribution < 1.29 is 13.6 Å². The van der Waals surface area contributed by atoms with Crippen LogP contribution in [-0.2, 0) is 0 Å². The Hall–Kier alpha value is -2.89. The van der Waals surface area contributed by atoms with Crippen molar-refractivity contribution in [1.82, 2.24) is 15.1 Å². The minimum atomic E-state index is 0.0957. The Kier molecular flexibility index (Phi) is 4.09. The maximum atomic E-state index is 12.7. The molecule has 0 atom stereocenters. The maximum absolute atomic E-state index is 12.7. The van der Waals surface area contributed by atoms with Crippen LogP contribution in [0.15, 0.2) is 51.5 Å². The van der Waals surface area contributed by atoms with Crippen molar-refractivity contribution in [2.45, 2.75) is 25.7 Å². The number of carbonyl (C=O) groups is 1. The van der Waals surface area contributed by atoms with Gasteiger partial charge in [0.15, 0.2) is 5.76 Å². The fourth-order valence-corrected chi connectivity index (χ4v) is 3.21. The van der Waals surface area contributed by atoms with Crippen molar-refractivity contribution in [2.75, 3.05) is 13.1 Å². The number of aromatic nitrogens is 2. The number of hydrogen-bond donors (Lipinski definition) is 0. The van der Waals surface area contributed by atoms with Crippen LogP contribution in [0.25, 0.3) is 11.7 Å². The van der Waals surface area contributed by atoms with Crippen LogP contribution in [-0.4, -0.2) is 34.1 Å². The van der Waals surface area contributed by atoms with Gasteiger partial charge in [-0.15, -0.1) is 10.2 Å². The summed E-state index contributed by atoms with van der Waals surface area (Å²) >= 11 is 0. The number of amides is 1. The lowest BCUT2D eigenvalue weighted by molar-refractivity contribution is 0.0705. The Balaban J connectivity index is 1.42. The van der Waals surface area contributed by atoms with Gasteiger partial charge in [0.25, 0.3) is 11.8 Å². The first-order valence-electron chi connectivity index (χ1n) is 8.44. The van der Waals surface area contributed by atoms with E-state index in [9.17, 15) is 4.79 Å². The van der Waals surface area contributed by atoms with Crippen LogP contribution in [0, 0.1) is 6.92 Å². The molecule has 1 aliphatic rings. The van der Waals surface area contributed by atoms with E-state index in [0.29, 0.717) is 30.6 Å². The molecular weight excluding hydrogens is 318 g/mol. The van der Waals surface area contributed by atoms with Gasteiger partial charge in [-0.1, -0.05) is 18.2 Å². The highest BCUT2D eigenvalue weighted by Crippen LogP contribution is 2.30. The summed E-state index contributed by atoms with van der Waals surface area (Å²) in [5.74, 6) is 1.87. The summed E-state index contributed by atoms with van der Waals surface area (Å²) in [4.78, 5) is 14.6. The van der Waals surface area contributed by atoms with Gasteiger partial charge in [-0.3, -0.25) is 4.79 Å². The molecule has 3 heterocycles. The second-order valence-electron chi connectivity index (χ2n) is 6.30. The zero-order valence-electron chi connectivity index (χ0n) is 14.0. The lowest BCUT2D eigenvalue weighted by atomic mass is 9.96. The molecule has 0 radical (unpaired) electrons. The van der Waals surface area contributed by atoms with E-state index < -0.39 is 0 Å². The number of piperidine rings is 1. The van der Waals surface area contributed by atoms with Crippen LogP contribution in [0.3, 0.4) is 0 Å². The topological polar surface area (TPSA) is 72.4 Å². The van der Waals surface area contributed by atoms with Crippen LogP contribution >= 0.6 is 0 Å². The Bertz CT molecular complexity index is 862.